The minimum Gasteiger partial charge on any atom is -0.444 e. The quantitative estimate of drug-likeness (QED) is 0.234. The number of nitrogens with zero attached hydrogens (tertiary/aromatic N) is 3. The second kappa shape index (κ2) is 13.2. The number of carbonyl (C=O) groups is 2. The zero-order valence-electron chi connectivity index (χ0n) is 27.0. The van der Waals surface area contributed by atoms with Crippen LogP contribution in [0.15, 0.2) is 48.0 Å². The van der Waals surface area contributed by atoms with Gasteiger partial charge in [-0.25, -0.2) is 19.5 Å². The summed E-state index contributed by atoms with van der Waals surface area (Å²) in [5.41, 5.74) is -1.41. The number of aromatic nitrogens is 2. The Bertz CT molecular complexity index is 1480. The van der Waals surface area contributed by atoms with Gasteiger partial charge in [-0.05, 0) is 90.5 Å². The molecule has 10 nitrogen and oxygen atoms in total. The molecule has 0 radical (unpaired) electrons. The van der Waals surface area contributed by atoms with E-state index in [1.807, 2.05) is 60.1 Å². The molecule has 44 heavy (non-hydrogen) atoms. The van der Waals surface area contributed by atoms with Crippen LogP contribution in [0.1, 0.15) is 97.1 Å². The van der Waals surface area contributed by atoms with Crippen LogP contribution in [0.3, 0.4) is 0 Å². The Balaban J connectivity index is 1.67. The van der Waals surface area contributed by atoms with Gasteiger partial charge in [0.05, 0.1) is 5.56 Å². The van der Waals surface area contributed by atoms with Gasteiger partial charge < -0.3 is 15.0 Å². The van der Waals surface area contributed by atoms with Gasteiger partial charge in [-0.1, -0.05) is 32.9 Å². The van der Waals surface area contributed by atoms with Crippen LogP contribution in [-0.2, 0) is 20.2 Å². The van der Waals surface area contributed by atoms with E-state index >= 15 is 0 Å². The predicted octanol–water partition coefficient (Wildman–Crippen LogP) is 6.20. The molecule has 0 aliphatic carbocycles. The van der Waals surface area contributed by atoms with E-state index in [1.165, 1.54) is 24.3 Å². The van der Waals surface area contributed by atoms with E-state index in [0.29, 0.717) is 24.5 Å². The number of hydrogen-bond donors (Lipinski definition) is 2. The van der Waals surface area contributed by atoms with E-state index in [1.54, 1.807) is 17.0 Å². The monoisotopic (exact) mass is 631 g/mol. The van der Waals surface area contributed by atoms with Crippen LogP contribution < -0.4 is 10.0 Å². The molecule has 2 aromatic heterocycles. The van der Waals surface area contributed by atoms with Gasteiger partial charge in [-0.2, -0.15) is 12.8 Å². The molecule has 0 aromatic carbocycles. The minimum atomic E-state index is -4.41. The van der Waals surface area contributed by atoms with E-state index in [2.05, 4.69) is 21.9 Å². The first-order valence-corrected chi connectivity index (χ1v) is 16.3. The minimum absolute atomic E-state index is 0.104. The van der Waals surface area contributed by atoms with E-state index in [4.69, 9.17) is 4.74 Å². The number of anilines is 1. The molecule has 2 atom stereocenters. The lowest BCUT2D eigenvalue weighted by Gasteiger charge is -2.33. The molecule has 1 fully saturated rings. The van der Waals surface area contributed by atoms with Crippen molar-refractivity contribution in [1.29, 1.82) is 0 Å². The molecule has 2 amide bonds. The third kappa shape index (κ3) is 9.23. The molecule has 3 rings (SSSR count). The molecule has 242 valence electrons. The first-order valence-electron chi connectivity index (χ1n) is 14.8. The Labute approximate surface area is 260 Å². The molecule has 1 saturated heterocycles. The average Bonchev–Trinajstić information content (AvgIpc) is 3.20. The molecule has 1 unspecified atom stereocenters. The largest absolute Gasteiger partial charge is 0.444 e. The van der Waals surface area contributed by atoms with Crippen LogP contribution in [0.25, 0.3) is 0 Å². The number of sulfonamides is 1. The fraction of sp³-hybridized carbons (Fsp3) is 0.562. The van der Waals surface area contributed by atoms with Crippen LogP contribution in [0, 0.1) is 11.9 Å². The Morgan fingerprint density at radius 3 is 2.43 bits per heavy atom. The topological polar surface area (TPSA) is 131 Å². The smallest absolute Gasteiger partial charge is 0.410 e. The SMILES string of the molecule is C=CCC(CC[C@@H]1CN(C(=O)OC(C)(C)C)C(C)(C)C1)Nc1cccc(S(=O)(=O)NC(=O)c2ccc(C(C)(C)C)nc2F)n1. The summed E-state index contributed by atoms with van der Waals surface area (Å²) < 4.78 is 48.2. The summed E-state index contributed by atoms with van der Waals surface area (Å²) in [5.74, 6) is -1.63. The fourth-order valence-corrected chi connectivity index (χ4v) is 6.15. The summed E-state index contributed by atoms with van der Waals surface area (Å²) in [6, 6.07) is 7.01. The molecular weight excluding hydrogens is 585 g/mol. The van der Waals surface area contributed by atoms with Gasteiger partial charge in [0, 0.05) is 29.2 Å². The maximum Gasteiger partial charge on any atom is 0.410 e. The van der Waals surface area contributed by atoms with E-state index in [-0.39, 0.29) is 23.6 Å². The summed E-state index contributed by atoms with van der Waals surface area (Å²) in [4.78, 5) is 35.4. The van der Waals surface area contributed by atoms with Crippen molar-refractivity contribution in [2.75, 3.05) is 11.9 Å². The van der Waals surface area contributed by atoms with Gasteiger partial charge in [-0.3, -0.25) is 4.79 Å². The number of ether oxygens (including phenoxy) is 1. The second-order valence-corrected chi connectivity index (χ2v) is 15.6. The second-order valence-electron chi connectivity index (χ2n) is 14.0. The number of amides is 2. The van der Waals surface area contributed by atoms with Crippen LogP contribution >= 0.6 is 0 Å². The number of hydrogen-bond acceptors (Lipinski definition) is 8. The average molecular weight is 632 g/mol. The summed E-state index contributed by atoms with van der Waals surface area (Å²) in [6.45, 7) is 19.6. The maximum absolute atomic E-state index is 14.6. The summed E-state index contributed by atoms with van der Waals surface area (Å²) in [6.07, 6.45) is 4.42. The van der Waals surface area contributed by atoms with Crippen molar-refractivity contribution in [3.63, 3.8) is 0 Å². The van der Waals surface area contributed by atoms with Crippen LogP contribution in [-0.4, -0.2) is 59.0 Å². The molecule has 1 aliphatic rings. The molecular formula is C32H46FN5O5S. The zero-order chi connectivity index (χ0) is 33.1. The first kappa shape index (κ1) is 34.9. The molecule has 2 N–H and O–H groups in total. The van der Waals surface area contributed by atoms with Crippen molar-refractivity contribution >= 4 is 27.8 Å². The molecule has 2 aromatic rings. The van der Waals surface area contributed by atoms with Gasteiger partial charge in [0.25, 0.3) is 15.9 Å². The molecule has 3 heterocycles. The highest BCUT2D eigenvalue weighted by Gasteiger charge is 2.42. The number of halogens is 1. The van der Waals surface area contributed by atoms with E-state index < -0.39 is 43.5 Å². The van der Waals surface area contributed by atoms with Crippen molar-refractivity contribution in [1.82, 2.24) is 19.6 Å². The van der Waals surface area contributed by atoms with Crippen molar-refractivity contribution in [3.05, 3.63) is 60.2 Å². The van der Waals surface area contributed by atoms with Crippen molar-refractivity contribution in [2.24, 2.45) is 5.92 Å². The third-order valence-corrected chi connectivity index (χ3v) is 8.62. The zero-order valence-corrected chi connectivity index (χ0v) is 27.8. The van der Waals surface area contributed by atoms with Crippen LogP contribution in [0.4, 0.5) is 15.0 Å². The Hall–Kier alpha value is -3.54. The Morgan fingerprint density at radius 1 is 1.16 bits per heavy atom. The lowest BCUT2D eigenvalue weighted by atomic mass is 9.91. The van der Waals surface area contributed by atoms with Crippen molar-refractivity contribution in [2.45, 2.75) is 109 Å². The van der Waals surface area contributed by atoms with Gasteiger partial charge in [-0.15, -0.1) is 6.58 Å². The predicted molar refractivity (Wildman–Crippen MR) is 168 cm³/mol. The molecule has 0 spiro atoms. The normalized spacial score (nSPS) is 17.6. The maximum atomic E-state index is 14.6. The lowest BCUT2D eigenvalue weighted by molar-refractivity contribution is 0.0130. The number of nitrogens with one attached hydrogen (secondary N) is 2. The van der Waals surface area contributed by atoms with E-state index in [0.717, 1.165) is 19.3 Å². The summed E-state index contributed by atoms with van der Waals surface area (Å²) in [7, 11) is -4.41. The number of likely N-dealkylation sites (tertiary alicyclic amines) is 1. The van der Waals surface area contributed by atoms with Gasteiger partial charge in [0.15, 0.2) is 5.03 Å². The Morgan fingerprint density at radius 2 is 1.84 bits per heavy atom. The number of pyridine rings is 2. The Kier molecular flexibility index (Phi) is 10.5. The third-order valence-electron chi connectivity index (χ3n) is 7.39. The summed E-state index contributed by atoms with van der Waals surface area (Å²) >= 11 is 0. The van der Waals surface area contributed by atoms with Crippen molar-refractivity contribution < 1.29 is 27.1 Å². The fourth-order valence-electron chi connectivity index (χ4n) is 5.21. The standard InChI is InChI=1S/C32H46FN5O5S/c1-10-12-22(16-15-21-19-32(8,9)38(20-21)29(40)43-31(5,6)7)34-25-13-11-14-26(36-25)44(41,42)37-28(39)23-17-18-24(30(2,3)4)35-27(23)33/h10-11,13-14,17-18,21-22H,1,12,15-16,19-20H2,2-9H3,(H,34,36)(H,37,39)/t21-,22?/m0/s1. The molecule has 1 aliphatic heterocycles. The summed E-state index contributed by atoms with van der Waals surface area (Å²) in [5, 5.41) is 2.89. The van der Waals surface area contributed by atoms with Gasteiger partial charge in [0.2, 0.25) is 5.95 Å². The highest BCUT2D eigenvalue weighted by atomic mass is 32.2. The molecule has 12 heteroatoms. The van der Waals surface area contributed by atoms with Crippen molar-refractivity contribution in [3.8, 4) is 0 Å². The van der Waals surface area contributed by atoms with Crippen LogP contribution in [0.5, 0.6) is 0 Å². The number of rotatable bonds is 10. The van der Waals surface area contributed by atoms with Crippen LogP contribution in [0.2, 0.25) is 0 Å². The molecule has 0 saturated carbocycles. The highest BCUT2D eigenvalue weighted by molar-refractivity contribution is 7.90. The van der Waals surface area contributed by atoms with Gasteiger partial charge in [0.1, 0.15) is 11.4 Å². The lowest BCUT2D eigenvalue weighted by Crippen LogP contribution is -2.45. The number of carbonyl (C=O) groups excluding carboxylic acids is 2. The molecule has 0 bridgehead atoms. The highest BCUT2D eigenvalue weighted by Crippen LogP contribution is 2.36. The first-order chi connectivity index (χ1) is 20.2. The van der Waals surface area contributed by atoms with Gasteiger partial charge >= 0.3 is 6.09 Å². The van der Waals surface area contributed by atoms with E-state index in [9.17, 15) is 22.4 Å².